The number of hydrogen-bond acceptors (Lipinski definition) is 4. The molecule has 0 unspecified atom stereocenters. The molecule has 0 aliphatic rings. The Morgan fingerprint density at radius 1 is 1.64 bits per heavy atom. The van der Waals surface area contributed by atoms with Crippen LogP contribution in [0.4, 0.5) is 4.79 Å². The molecule has 0 aromatic rings. The highest BCUT2D eigenvalue weighted by atomic mass is 32.1. The second kappa shape index (κ2) is 5.81. The van der Waals surface area contributed by atoms with Crippen LogP contribution in [-0.2, 0) is 9.88 Å². The lowest BCUT2D eigenvalue weighted by Gasteiger charge is -2.03. The van der Waals surface area contributed by atoms with E-state index in [9.17, 15) is 4.79 Å². The van der Waals surface area contributed by atoms with E-state index in [2.05, 4.69) is 32.8 Å². The Hall–Kier alpha value is -0.950. The van der Waals surface area contributed by atoms with E-state index in [1.165, 1.54) is 7.05 Å². The summed E-state index contributed by atoms with van der Waals surface area (Å²) < 4.78 is 0. The monoisotopic (exact) mass is 179 g/mol. The zero-order chi connectivity index (χ0) is 8.69. The number of nitrogens with zero attached hydrogens (tertiary/aromatic N) is 1. The third-order valence-corrected chi connectivity index (χ3v) is 0.758. The van der Waals surface area contributed by atoms with Gasteiger partial charge in [0.2, 0.25) is 0 Å². The first-order chi connectivity index (χ1) is 5.20. The molecule has 0 aliphatic heterocycles. The average Bonchev–Trinajstić information content (AvgIpc) is 1.98. The van der Waals surface area contributed by atoms with Crippen molar-refractivity contribution >= 4 is 23.9 Å². The van der Waals surface area contributed by atoms with Gasteiger partial charge >= 0.3 is 11.3 Å². The molecule has 0 rings (SSSR count). The van der Waals surface area contributed by atoms with E-state index in [0.717, 1.165) is 0 Å². The molecule has 0 spiro atoms. The number of nitrogens with one attached hydrogen (secondary N) is 2. The summed E-state index contributed by atoms with van der Waals surface area (Å²) in [7, 11) is 3.09. The SMILES string of the molecule is C/N=C(\NC)OONC(=O)S. The number of rotatable bonds is 2. The molecule has 0 aromatic heterocycles. The largest absolute Gasteiger partial charge is 0.341 e. The Morgan fingerprint density at radius 3 is 2.64 bits per heavy atom. The maximum absolute atomic E-state index is 10.1. The molecule has 0 atom stereocenters. The van der Waals surface area contributed by atoms with Crippen LogP contribution >= 0.6 is 12.6 Å². The summed E-state index contributed by atoms with van der Waals surface area (Å²) in [5, 5.41) is 1.90. The van der Waals surface area contributed by atoms with E-state index in [1.54, 1.807) is 7.05 Å². The number of carbonyl (C=O) groups is 1. The van der Waals surface area contributed by atoms with Gasteiger partial charge < -0.3 is 5.32 Å². The molecule has 0 radical (unpaired) electrons. The van der Waals surface area contributed by atoms with Crippen LogP contribution in [0, 0.1) is 0 Å². The average molecular weight is 179 g/mol. The minimum absolute atomic E-state index is 0.145. The summed E-state index contributed by atoms with van der Waals surface area (Å²) in [4.78, 5) is 22.3. The maximum atomic E-state index is 10.1. The Labute approximate surface area is 69.3 Å². The van der Waals surface area contributed by atoms with Crippen molar-refractivity contribution in [1.29, 1.82) is 0 Å². The Morgan fingerprint density at radius 2 is 2.27 bits per heavy atom. The quantitative estimate of drug-likeness (QED) is 0.179. The van der Waals surface area contributed by atoms with Crippen LogP contribution in [0.25, 0.3) is 0 Å². The van der Waals surface area contributed by atoms with Crippen LogP contribution in [0.15, 0.2) is 4.99 Å². The van der Waals surface area contributed by atoms with Crippen molar-refractivity contribution < 1.29 is 14.7 Å². The van der Waals surface area contributed by atoms with Gasteiger partial charge in [0, 0.05) is 14.1 Å². The Balaban J connectivity index is 3.45. The number of thiol groups is 1. The van der Waals surface area contributed by atoms with Gasteiger partial charge in [0.05, 0.1) is 0 Å². The number of carbonyl (C=O) groups excluding carboxylic acids is 1. The topological polar surface area (TPSA) is 72.0 Å². The van der Waals surface area contributed by atoms with Crippen molar-refractivity contribution in [2.45, 2.75) is 0 Å². The molecule has 0 saturated heterocycles. The van der Waals surface area contributed by atoms with Crippen LogP contribution in [0.2, 0.25) is 0 Å². The molecule has 2 N–H and O–H groups in total. The molecule has 0 heterocycles. The van der Waals surface area contributed by atoms with Gasteiger partial charge in [-0.05, 0) is 0 Å². The van der Waals surface area contributed by atoms with E-state index in [1.807, 2.05) is 5.48 Å². The van der Waals surface area contributed by atoms with E-state index < -0.39 is 5.24 Å². The fourth-order valence-corrected chi connectivity index (χ4v) is 0.324. The summed E-state index contributed by atoms with van der Waals surface area (Å²) in [5.41, 5.74) is 1.83. The highest BCUT2D eigenvalue weighted by Gasteiger charge is 1.96. The Bertz CT molecular complexity index is 161. The zero-order valence-electron chi connectivity index (χ0n) is 6.12. The Kier molecular flexibility index (Phi) is 5.30. The fraction of sp³-hybridized carbons (Fsp3) is 0.500. The summed E-state index contributed by atoms with van der Waals surface area (Å²) in [6.45, 7) is 0. The normalized spacial score (nSPS) is 10.6. The first kappa shape index (κ1) is 10.0. The summed E-state index contributed by atoms with van der Waals surface area (Å²) in [6.07, 6.45) is 0. The van der Waals surface area contributed by atoms with Crippen LogP contribution in [0.5, 0.6) is 0 Å². The van der Waals surface area contributed by atoms with E-state index in [4.69, 9.17) is 0 Å². The number of hydroxylamine groups is 1. The maximum Gasteiger partial charge on any atom is 0.324 e. The van der Waals surface area contributed by atoms with Gasteiger partial charge in [-0.1, -0.05) is 17.6 Å². The first-order valence-electron chi connectivity index (χ1n) is 2.67. The van der Waals surface area contributed by atoms with Crippen LogP contribution in [-0.4, -0.2) is 25.4 Å². The van der Waals surface area contributed by atoms with Crippen molar-refractivity contribution in [3.63, 3.8) is 0 Å². The standard InChI is InChI=1S/C4H9N3O3S/c1-5-3(6-2)9-10-7-4(8)11/h1-2H3,(H,5,6)(H2,7,8,11). The smallest absolute Gasteiger partial charge is 0.324 e. The van der Waals surface area contributed by atoms with Crippen molar-refractivity contribution in [1.82, 2.24) is 10.8 Å². The fourth-order valence-electron chi connectivity index (χ4n) is 0.287. The number of amidine groups is 1. The minimum atomic E-state index is -0.656. The summed E-state index contributed by atoms with van der Waals surface area (Å²) in [5.74, 6) is 0. The van der Waals surface area contributed by atoms with Crippen LogP contribution in [0.3, 0.4) is 0 Å². The first-order valence-corrected chi connectivity index (χ1v) is 3.12. The molecular weight excluding hydrogens is 170 g/mol. The van der Waals surface area contributed by atoms with E-state index in [0.29, 0.717) is 0 Å². The molecule has 1 amide bonds. The molecular formula is C4H9N3O3S. The molecule has 0 saturated carbocycles. The number of hydrogen-bond donors (Lipinski definition) is 3. The van der Waals surface area contributed by atoms with Crippen molar-refractivity contribution in [2.24, 2.45) is 4.99 Å². The van der Waals surface area contributed by atoms with Crippen molar-refractivity contribution in [2.75, 3.05) is 14.1 Å². The number of amides is 1. The third kappa shape index (κ3) is 5.49. The molecule has 64 valence electrons. The summed E-state index contributed by atoms with van der Waals surface area (Å²) in [6, 6.07) is 0.145. The second-order valence-electron chi connectivity index (χ2n) is 1.35. The van der Waals surface area contributed by atoms with Gasteiger partial charge in [0.15, 0.2) is 0 Å². The number of aliphatic imine (C=N–C) groups is 1. The minimum Gasteiger partial charge on any atom is -0.341 e. The molecule has 7 heteroatoms. The molecule has 6 nitrogen and oxygen atoms in total. The lowest BCUT2D eigenvalue weighted by Crippen LogP contribution is -2.27. The van der Waals surface area contributed by atoms with E-state index in [-0.39, 0.29) is 6.02 Å². The molecule has 0 bridgehead atoms. The molecule has 0 aliphatic carbocycles. The van der Waals surface area contributed by atoms with Gasteiger partial charge in [0.1, 0.15) is 0 Å². The lowest BCUT2D eigenvalue weighted by atomic mass is 11.0. The third-order valence-electron chi connectivity index (χ3n) is 0.667. The van der Waals surface area contributed by atoms with E-state index >= 15 is 0 Å². The van der Waals surface area contributed by atoms with Gasteiger partial charge in [-0.15, -0.1) is 0 Å². The van der Waals surface area contributed by atoms with Gasteiger partial charge in [-0.2, -0.15) is 5.48 Å². The molecule has 0 aromatic carbocycles. The predicted molar refractivity (Wildman–Crippen MR) is 42.1 cm³/mol. The van der Waals surface area contributed by atoms with Gasteiger partial charge in [-0.3, -0.25) is 9.68 Å². The second-order valence-corrected chi connectivity index (χ2v) is 1.76. The van der Waals surface area contributed by atoms with Gasteiger partial charge in [-0.25, -0.2) is 4.99 Å². The highest BCUT2D eigenvalue weighted by Crippen LogP contribution is 1.79. The molecule has 11 heavy (non-hydrogen) atoms. The predicted octanol–water partition coefficient (Wildman–Crippen LogP) is -0.306. The van der Waals surface area contributed by atoms with Gasteiger partial charge in [0.25, 0.3) is 0 Å². The lowest BCUT2D eigenvalue weighted by molar-refractivity contribution is -0.258. The van der Waals surface area contributed by atoms with Crippen LogP contribution in [0.1, 0.15) is 0 Å². The summed E-state index contributed by atoms with van der Waals surface area (Å²) >= 11 is 3.34. The molecule has 0 fully saturated rings. The zero-order valence-corrected chi connectivity index (χ0v) is 7.01. The van der Waals surface area contributed by atoms with Crippen LogP contribution < -0.4 is 10.8 Å². The highest BCUT2D eigenvalue weighted by molar-refractivity contribution is 7.96. The van der Waals surface area contributed by atoms with Crippen molar-refractivity contribution in [3.8, 4) is 0 Å². The van der Waals surface area contributed by atoms with Crippen molar-refractivity contribution in [3.05, 3.63) is 0 Å².